The zero-order valence-electron chi connectivity index (χ0n) is 9.05. The van der Waals surface area contributed by atoms with E-state index in [1.54, 1.807) is 13.8 Å². The molecule has 0 aliphatic carbocycles. The predicted molar refractivity (Wildman–Crippen MR) is 60.0 cm³/mol. The van der Waals surface area contributed by atoms with Crippen molar-refractivity contribution in [2.45, 2.75) is 24.5 Å². The van der Waals surface area contributed by atoms with Crippen LogP contribution in [0.1, 0.15) is 13.8 Å². The lowest BCUT2D eigenvalue weighted by atomic mass is 10.1. The van der Waals surface area contributed by atoms with E-state index in [9.17, 15) is 14.7 Å². The minimum atomic E-state index is -3.45. The molecule has 0 N–H and O–H groups in total. The predicted octanol–water partition coefficient (Wildman–Crippen LogP) is 2.49. The maximum absolute atomic E-state index is 12.1. The van der Waals surface area contributed by atoms with Crippen molar-refractivity contribution in [2.75, 3.05) is 14.2 Å². The number of alkyl halides is 1. The highest BCUT2D eigenvalue weighted by Gasteiger charge is 2.47. The highest BCUT2D eigenvalue weighted by atomic mass is 79.9. The van der Waals surface area contributed by atoms with Gasteiger partial charge in [-0.2, -0.15) is 0 Å². The molecule has 0 amide bonds. The first-order valence-electron chi connectivity index (χ1n) is 4.29. The molecule has 6 nitrogen and oxygen atoms in total. The van der Waals surface area contributed by atoms with Gasteiger partial charge in [-0.05, 0) is 21.8 Å². The van der Waals surface area contributed by atoms with Gasteiger partial charge in [0, 0.05) is 19.1 Å². The van der Waals surface area contributed by atoms with Crippen LogP contribution in [-0.4, -0.2) is 29.8 Å². The first-order chi connectivity index (χ1) is 6.80. The Morgan fingerprint density at radius 3 is 1.93 bits per heavy atom. The summed E-state index contributed by atoms with van der Waals surface area (Å²) in [6.07, 6.45) is 0. The molecule has 0 saturated carbocycles. The van der Waals surface area contributed by atoms with Gasteiger partial charge in [0.05, 0.1) is 0 Å². The Morgan fingerprint density at radius 2 is 1.73 bits per heavy atom. The Labute approximate surface area is 97.1 Å². The molecular formula is C7H15BrNO5P. The second-order valence-electron chi connectivity index (χ2n) is 3.30. The maximum atomic E-state index is 12.1. The van der Waals surface area contributed by atoms with E-state index in [0.29, 0.717) is 0 Å². The van der Waals surface area contributed by atoms with Crippen LogP contribution in [0.4, 0.5) is 0 Å². The molecule has 0 heterocycles. The molecule has 0 radical (unpaired) electrons. The molecule has 0 spiro atoms. The van der Waals surface area contributed by atoms with E-state index in [-0.39, 0.29) is 5.92 Å². The molecule has 2 atom stereocenters. The van der Waals surface area contributed by atoms with Crippen LogP contribution >= 0.6 is 23.5 Å². The third-order valence-corrected chi connectivity index (χ3v) is 5.98. The first kappa shape index (κ1) is 15.0. The van der Waals surface area contributed by atoms with Crippen LogP contribution in [0.15, 0.2) is 0 Å². The number of hydrogen-bond donors (Lipinski definition) is 0. The molecule has 0 rings (SSSR count). The number of halogens is 1. The second-order valence-corrected chi connectivity index (χ2v) is 6.64. The van der Waals surface area contributed by atoms with Crippen molar-refractivity contribution in [3.05, 3.63) is 10.1 Å². The van der Waals surface area contributed by atoms with Gasteiger partial charge >= 0.3 is 7.60 Å². The Hall–Kier alpha value is 0.0300. The zero-order chi connectivity index (χ0) is 12.2. The van der Waals surface area contributed by atoms with Gasteiger partial charge in [0.1, 0.15) is 5.66 Å². The Bertz CT molecular complexity index is 264. The smallest absolute Gasteiger partial charge is 0.312 e. The van der Waals surface area contributed by atoms with E-state index in [4.69, 9.17) is 9.05 Å². The normalized spacial score (nSPS) is 16.4. The van der Waals surface area contributed by atoms with Crippen molar-refractivity contribution < 1.29 is 18.5 Å². The Balaban J connectivity index is 5.13. The molecule has 0 aliphatic rings. The number of nitrogens with zero attached hydrogens (tertiary/aromatic N) is 1. The van der Waals surface area contributed by atoms with Gasteiger partial charge in [0.2, 0.25) is 0 Å². The zero-order valence-corrected chi connectivity index (χ0v) is 11.5. The van der Waals surface area contributed by atoms with Gasteiger partial charge in [-0.1, -0.05) is 13.8 Å². The lowest BCUT2D eigenvalue weighted by molar-refractivity contribution is -0.493. The average molecular weight is 304 g/mol. The molecule has 0 aromatic rings. The summed E-state index contributed by atoms with van der Waals surface area (Å²) in [6.45, 7) is 3.46. The summed E-state index contributed by atoms with van der Waals surface area (Å²) < 4.78 is 21.6. The summed E-state index contributed by atoms with van der Waals surface area (Å²) in [6, 6.07) is 0. The van der Waals surface area contributed by atoms with Crippen LogP contribution in [-0.2, 0) is 13.6 Å². The Kier molecular flexibility index (Phi) is 5.95. The fraction of sp³-hybridized carbons (Fsp3) is 1.00. The minimum absolute atomic E-state index is 0.203. The molecule has 15 heavy (non-hydrogen) atoms. The molecule has 0 saturated heterocycles. The minimum Gasteiger partial charge on any atom is -0.312 e. The highest BCUT2D eigenvalue weighted by molar-refractivity contribution is 9.09. The van der Waals surface area contributed by atoms with Gasteiger partial charge in [0.25, 0.3) is 4.95 Å². The summed E-state index contributed by atoms with van der Waals surface area (Å²) in [5, 5.41) is 10.7. The molecular weight excluding hydrogens is 289 g/mol. The average Bonchev–Trinajstić information content (AvgIpc) is 2.16. The molecule has 0 aromatic heterocycles. The number of hydrogen-bond acceptors (Lipinski definition) is 5. The van der Waals surface area contributed by atoms with E-state index in [0.717, 1.165) is 0 Å². The van der Waals surface area contributed by atoms with E-state index >= 15 is 0 Å². The van der Waals surface area contributed by atoms with Crippen molar-refractivity contribution >= 4 is 23.5 Å². The molecule has 0 bridgehead atoms. The van der Waals surface area contributed by atoms with Gasteiger partial charge in [-0.25, -0.2) is 0 Å². The van der Waals surface area contributed by atoms with Crippen LogP contribution in [0.25, 0.3) is 0 Å². The third kappa shape index (κ3) is 3.52. The van der Waals surface area contributed by atoms with Crippen molar-refractivity contribution in [2.24, 2.45) is 5.92 Å². The second kappa shape index (κ2) is 5.94. The summed E-state index contributed by atoms with van der Waals surface area (Å²) in [5.41, 5.74) is -0.817. The van der Waals surface area contributed by atoms with Crippen LogP contribution in [0.2, 0.25) is 0 Å². The molecule has 0 aromatic carbocycles. The fourth-order valence-corrected chi connectivity index (χ4v) is 4.53. The first-order valence-corrected chi connectivity index (χ1v) is 6.81. The van der Waals surface area contributed by atoms with Crippen LogP contribution in [0, 0.1) is 16.0 Å². The fourth-order valence-electron chi connectivity index (χ4n) is 1.28. The Morgan fingerprint density at radius 1 is 1.33 bits per heavy atom. The summed E-state index contributed by atoms with van der Waals surface area (Å²) in [4.78, 5) is 8.95. The van der Waals surface area contributed by atoms with E-state index in [1.165, 1.54) is 14.2 Å². The monoisotopic (exact) mass is 303 g/mol. The van der Waals surface area contributed by atoms with Crippen molar-refractivity contribution in [3.63, 3.8) is 0 Å². The van der Waals surface area contributed by atoms with Crippen molar-refractivity contribution in [1.29, 1.82) is 0 Å². The molecule has 90 valence electrons. The van der Waals surface area contributed by atoms with Crippen LogP contribution in [0.5, 0.6) is 0 Å². The lowest BCUT2D eigenvalue weighted by Gasteiger charge is -2.26. The largest absolute Gasteiger partial charge is 0.341 e. The topological polar surface area (TPSA) is 78.7 Å². The lowest BCUT2D eigenvalue weighted by Crippen LogP contribution is -2.33. The van der Waals surface area contributed by atoms with E-state index < -0.39 is 23.1 Å². The molecule has 8 heteroatoms. The number of rotatable bonds is 6. The SMILES string of the molecule is COP(=O)(OC)C(C(C)C)C(Br)[N+](=O)[O-]. The quantitative estimate of drug-likeness (QED) is 0.248. The molecule has 2 unspecified atom stereocenters. The van der Waals surface area contributed by atoms with Crippen molar-refractivity contribution in [3.8, 4) is 0 Å². The number of nitro groups is 1. The van der Waals surface area contributed by atoms with Gasteiger partial charge < -0.3 is 9.05 Å². The van der Waals surface area contributed by atoms with Crippen LogP contribution < -0.4 is 0 Å². The van der Waals surface area contributed by atoms with Crippen LogP contribution in [0.3, 0.4) is 0 Å². The highest BCUT2D eigenvalue weighted by Crippen LogP contribution is 2.56. The molecule has 0 fully saturated rings. The van der Waals surface area contributed by atoms with Gasteiger partial charge in [0.15, 0.2) is 0 Å². The maximum Gasteiger partial charge on any atom is 0.341 e. The van der Waals surface area contributed by atoms with E-state index in [1.807, 2.05) is 0 Å². The summed E-state index contributed by atoms with van der Waals surface area (Å²) in [5.74, 6) is -0.203. The van der Waals surface area contributed by atoms with E-state index in [2.05, 4.69) is 15.9 Å². The van der Waals surface area contributed by atoms with Gasteiger partial charge in [-0.3, -0.25) is 14.7 Å². The summed E-state index contributed by atoms with van der Waals surface area (Å²) in [7, 11) is -1.00. The van der Waals surface area contributed by atoms with Gasteiger partial charge in [-0.15, -0.1) is 0 Å². The molecule has 0 aliphatic heterocycles. The third-order valence-electron chi connectivity index (χ3n) is 2.04. The van der Waals surface area contributed by atoms with Crippen molar-refractivity contribution in [1.82, 2.24) is 0 Å². The summed E-state index contributed by atoms with van der Waals surface area (Å²) >= 11 is 2.90. The standard InChI is InChI=1S/C7H15BrNO5P/c1-5(2)6(7(8)9(10)11)15(12,13-3)14-4/h5-7H,1-4H3.